The second-order valence-electron chi connectivity index (χ2n) is 7.25. The number of nitrogens with zero attached hydrogens (tertiary/aromatic N) is 1. The van der Waals surface area contributed by atoms with Crippen molar-refractivity contribution in [2.24, 2.45) is 0 Å². The Morgan fingerprint density at radius 3 is 1.79 bits per heavy atom. The zero-order valence-corrected chi connectivity index (χ0v) is 17.0. The number of hydrogen-bond donors (Lipinski definition) is 0. The van der Waals surface area contributed by atoms with Crippen LogP contribution in [0, 0.1) is 0 Å². The van der Waals surface area contributed by atoms with Crippen molar-refractivity contribution in [1.29, 1.82) is 0 Å². The summed E-state index contributed by atoms with van der Waals surface area (Å²) < 4.78 is 84.1. The number of halogens is 6. The average molecular weight is 463 g/mol. The van der Waals surface area contributed by atoms with Gasteiger partial charge in [-0.2, -0.15) is 26.3 Å². The molecule has 0 aliphatic heterocycles. The molecule has 0 unspecified atom stereocenters. The van der Waals surface area contributed by atoms with Crippen LogP contribution < -0.4 is 10.3 Å². The van der Waals surface area contributed by atoms with Crippen molar-refractivity contribution in [3.05, 3.63) is 94.4 Å². The highest BCUT2D eigenvalue weighted by atomic mass is 19.4. The Balaban J connectivity index is 1.95. The molecule has 1 aromatic heterocycles. The van der Waals surface area contributed by atoms with Gasteiger partial charge in [0.15, 0.2) is 0 Å². The van der Waals surface area contributed by atoms with Crippen LogP contribution in [0.2, 0.25) is 0 Å². The molecule has 1 heterocycles. The summed E-state index contributed by atoms with van der Waals surface area (Å²) in [5.41, 5.74) is -1.21. The molecule has 0 atom stereocenters. The third-order valence-corrected chi connectivity index (χ3v) is 5.22. The molecule has 0 fully saturated rings. The molecular formula is C24H15F6NO2. The topological polar surface area (TPSA) is 31.2 Å². The fraction of sp³-hybridized carbons (Fsp3) is 0.125. The smallest absolute Gasteiger partial charge is 0.416 e. The van der Waals surface area contributed by atoms with E-state index in [0.29, 0.717) is 22.3 Å². The van der Waals surface area contributed by atoms with Crippen LogP contribution >= 0.6 is 0 Å². The maximum absolute atomic E-state index is 13.1. The first-order chi connectivity index (χ1) is 15.5. The van der Waals surface area contributed by atoms with E-state index in [9.17, 15) is 31.1 Å². The number of ether oxygens (including phenoxy) is 1. The van der Waals surface area contributed by atoms with Gasteiger partial charge >= 0.3 is 12.4 Å². The molecule has 0 radical (unpaired) electrons. The minimum absolute atomic E-state index is 0.180. The van der Waals surface area contributed by atoms with E-state index in [-0.39, 0.29) is 11.1 Å². The molecule has 0 saturated carbocycles. The van der Waals surface area contributed by atoms with Crippen LogP contribution in [0.4, 0.5) is 26.3 Å². The van der Waals surface area contributed by atoms with Crippen LogP contribution in [0.15, 0.2) is 77.7 Å². The SMILES string of the molecule is COc1ccc2c(=O)n(-c3ccc(C(F)(F)F)cc3)cc(-c3ccc(C(F)(F)F)cc3)c2c1. The van der Waals surface area contributed by atoms with E-state index in [1.165, 1.54) is 36.1 Å². The van der Waals surface area contributed by atoms with Crippen molar-refractivity contribution in [1.82, 2.24) is 4.57 Å². The van der Waals surface area contributed by atoms with E-state index >= 15 is 0 Å². The quantitative estimate of drug-likeness (QED) is 0.317. The Morgan fingerprint density at radius 2 is 1.27 bits per heavy atom. The predicted octanol–water partition coefficient (Wildman–Crippen LogP) is 6.70. The highest BCUT2D eigenvalue weighted by Crippen LogP contribution is 2.34. The summed E-state index contributed by atoms with van der Waals surface area (Å²) >= 11 is 0. The number of fused-ring (bicyclic) bond motifs is 1. The molecule has 170 valence electrons. The summed E-state index contributed by atoms with van der Waals surface area (Å²) in [4.78, 5) is 13.1. The van der Waals surface area contributed by atoms with Crippen LogP contribution in [0.1, 0.15) is 11.1 Å². The normalized spacial score (nSPS) is 12.2. The molecule has 0 aliphatic carbocycles. The van der Waals surface area contributed by atoms with Crippen molar-refractivity contribution < 1.29 is 31.1 Å². The minimum atomic E-state index is -4.53. The van der Waals surface area contributed by atoms with Gasteiger partial charge in [-0.05, 0) is 60.2 Å². The number of alkyl halides is 6. The second kappa shape index (κ2) is 7.99. The van der Waals surface area contributed by atoms with Gasteiger partial charge in [-0.3, -0.25) is 9.36 Å². The summed E-state index contributed by atoms with van der Waals surface area (Å²) in [6, 6.07) is 13.1. The highest BCUT2D eigenvalue weighted by Gasteiger charge is 2.31. The molecule has 33 heavy (non-hydrogen) atoms. The molecule has 4 rings (SSSR count). The predicted molar refractivity (Wildman–Crippen MR) is 112 cm³/mol. The van der Waals surface area contributed by atoms with Crippen molar-refractivity contribution in [3.8, 4) is 22.6 Å². The van der Waals surface area contributed by atoms with Crippen LogP contribution in [0.25, 0.3) is 27.6 Å². The number of aromatic nitrogens is 1. The van der Waals surface area contributed by atoms with E-state index in [0.717, 1.165) is 36.4 Å². The molecule has 9 heteroatoms. The van der Waals surface area contributed by atoms with Gasteiger partial charge in [0.05, 0.1) is 18.2 Å². The zero-order chi connectivity index (χ0) is 24.0. The minimum Gasteiger partial charge on any atom is -0.497 e. The van der Waals surface area contributed by atoms with Gasteiger partial charge in [0.25, 0.3) is 5.56 Å². The van der Waals surface area contributed by atoms with Gasteiger partial charge in [0.1, 0.15) is 5.75 Å². The average Bonchev–Trinajstić information content (AvgIpc) is 2.78. The van der Waals surface area contributed by atoms with Crippen LogP contribution in [-0.2, 0) is 12.4 Å². The van der Waals surface area contributed by atoms with Gasteiger partial charge in [-0.1, -0.05) is 12.1 Å². The van der Waals surface area contributed by atoms with Crippen molar-refractivity contribution in [3.63, 3.8) is 0 Å². The van der Waals surface area contributed by atoms with Crippen LogP contribution in [0.3, 0.4) is 0 Å². The van der Waals surface area contributed by atoms with Crippen molar-refractivity contribution in [2.75, 3.05) is 7.11 Å². The maximum Gasteiger partial charge on any atom is 0.416 e. The third-order valence-electron chi connectivity index (χ3n) is 5.22. The molecule has 0 aliphatic rings. The molecule has 0 saturated heterocycles. The number of hydrogen-bond acceptors (Lipinski definition) is 2. The summed E-state index contributed by atoms with van der Waals surface area (Å²) in [7, 11) is 1.43. The largest absolute Gasteiger partial charge is 0.497 e. The van der Waals surface area contributed by atoms with Crippen molar-refractivity contribution >= 4 is 10.8 Å². The standard InChI is InChI=1S/C24H15F6NO2/c1-33-18-10-11-19-20(12-18)21(14-2-4-15(5-3-14)23(25,26)27)13-31(22(19)32)17-8-6-16(7-9-17)24(28,29)30/h2-13H,1H3. The van der Waals surface area contributed by atoms with Gasteiger partial charge in [0, 0.05) is 28.2 Å². The van der Waals surface area contributed by atoms with E-state index < -0.39 is 29.0 Å². The molecule has 0 amide bonds. The lowest BCUT2D eigenvalue weighted by Gasteiger charge is -2.15. The van der Waals surface area contributed by atoms with Crippen molar-refractivity contribution in [2.45, 2.75) is 12.4 Å². The zero-order valence-electron chi connectivity index (χ0n) is 17.0. The second-order valence-corrected chi connectivity index (χ2v) is 7.25. The fourth-order valence-electron chi connectivity index (χ4n) is 3.52. The lowest BCUT2D eigenvalue weighted by atomic mass is 9.99. The lowest BCUT2D eigenvalue weighted by molar-refractivity contribution is -0.138. The summed E-state index contributed by atoms with van der Waals surface area (Å²) in [5.74, 6) is 0.433. The first-order valence-corrected chi connectivity index (χ1v) is 9.58. The molecule has 0 N–H and O–H groups in total. The Bertz CT molecular complexity index is 1370. The fourth-order valence-corrected chi connectivity index (χ4v) is 3.52. The first kappa shape index (κ1) is 22.4. The molecule has 3 nitrogen and oxygen atoms in total. The van der Waals surface area contributed by atoms with Gasteiger partial charge < -0.3 is 4.74 Å². The molecule has 4 aromatic rings. The molecule has 0 bridgehead atoms. The number of pyridine rings is 1. The van der Waals surface area contributed by atoms with Crippen LogP contribution in [-0.4, -0.2) is 11.7 Å². The maximum atomic E-state index is 13.1. The van der Waals surface area contributed by atoms with E-state index in [1.54, 1.807) is 12.1 Å². The van der Waals surface area contributed by atoms with Gasteiger partial charge in [0.2, 0.25) is 0 Å². The van der Waals surface area contributed by atoms with Crippen LogP contribution in [0.5, 0.6) is 5.75 Å². The first-order valence-electron chi connectivity index (χ1n) is 9.58. The monoisotopic (exact) mass is 463 g/mol. The number of methoxy groups -OCH3 is 1. The highest BCUT2D eigenvalue weighted by molar-refractivity contribution is 5.97. The van der Waals surface area contributed by atoms with E-state index in [1.807, 2.05) is 0 Å². The van der Waals surface area contributed by atoms with E-state index in [2.05, 4.69) is 0 Å². The lowest BCUT2D eigenvalue weighted by Crippen LogP contribution is -2.19. The van der Waals surface area contributed by atoms with Gasteiger partial charge in [-0.15, -0.1) is 0 Å². The number of rotatable bonds is 3. The molecule has 0 spiro atoms. The Morgan fingerprint density at radius 1 is 0.727 bits per heavy atom. The summed E-state index contributed by atoms with van der Waals surface area (Å²) in [5, 5.41) is 0.662. The Labute approximate surface area is 183 Å². The Hall–Kier alpha value is -3.75. The molecule has 3 aromatic carbocycles. The molecular weight excluding hydrogens is 448 g/mol. The number of benzene rings is 3. The summed E-state index contributed by atoms with van der Waals surface area (Å²) in [6.45, 7) is 0. The third kappa shape index (κ3) is 4.30. The van der Waals surface area contributed by atoms with Gasteiger partial charge in [-0.25, -0.2) is 0 Å². The summed E-state index contributed by atoms with van der Waals surface area (Å²) in [6.07, 6.45) is -7.65. The van der Waals surface area contributed by atoms with E-state index in [4.69, 9.17) is 4.74 Å². The Kier molecular flexibility index (Phi) is 5.43.